The van der Waals surface area contributed by atoms with Crippen LogP contribution in [0.1, 0.15) is 22.1 Å². The topological polar surface area (TPSA) is 123 Å². The van der Waals surface area contributed by atoms with Crippen LogP contribution in [0.3, 0.4) is 0 Å². The number of thioether (sulfide) groups is 1. The molecule has 214 valence electrons. The molecule has 1 aromatic heterocycles. The van der Waals surface area contributed by atoms with E-state index < -0.39 is 45.6 Å². The number of benzene rings is 3. The Kier molecular flexibility index (Phi) is 8.37. The Morgan fingerprint density at radius 2 is 1.37 bits per heavy atom. The van der Waals surface area contributed by atoms with E-state index in [1.54, 1.807) is 14.2 Å². The Hall–Kier alpha value is -3.83. The number of aromatic nitrogens is 2. The van der Waals surface area contributed by atoms with Gasteiger partial charge in [0, 0.05) is 19.4 Å². The van der Waals surface area contributed by atoms with Gasteiger partial charge in [-0.1, -0.05) is 54.6 Å². The van der Waals surface area contributed by atoms with E-state index in [-0.39, 0.29) is 0 Å². The molecule has 2 heterocycles. The third kappa shape index (κ3) is 5.08. The highest BCUT2D eigenvalue weighted by Crippen LogP contribution is 2.52. The summed E-state index contributed by atoms with van der Waals surface area (Å²) in [7, 11) is 4.63. The second kappa shape index (κ2) is 12.0. The molecule has 1 saturated heterocycles. The van der Waals surface area contributed by atoms with Crippen molar-refractivity contribution < 1.29 is 24.4 Å². The molecule has 3 N–H and O–H groups in total. The monoisotopic (exact) mass is 576 g/mol. The molecule has 3 aromatic carbocycles. The van der Waals surface area contributed by atoms with Crippen molar-refractivity contribution in [2.45, 2.75) is 34.4 Å². The van der Waals surface area contributed by atoms with Gasteiger partial charge >= 0.3 is 5.69 Å². The smallest absolute Gasteiger partial charge is 0.329 e. The van der Waals surface area contributed by atoms with E-state index in [2.05, 4.69) is 4.98 Å². The number of H-pyrrole nitrogens is 1. The summed E-state index contributed by atoms with van der Waals surface area (Å²) >= 11 is 1.23. The molecule has 1 aliphatic heterocycles. The maximum atomic E-state index is 12.7. The van der Waals surface area contributed by atoms with Crippen molar-refractivity contribution >= 4 is 11.8 Å². The number of aliphatic hydroxyl groups is 2. The minimum absolute atomic E-state index is 0.526. The molecule has 0 spiro atoms. The van der Waals surface area contributed by atoms with Crippen molar-refractivity contribution in [3.63, 3.8) is 0 Å². The number of aromatic amines is 1. The summed E-state index contributed by atoms with van der Waals surface area (Å²) < 4.78 is 17.8. The van der Waals surface area contributed by atoms with Gasteiger partial charge in [0.1, 0.15) is 23.0 Å². The van der Waals surface area contributed by atoms with Crippen LogP contribution < -0.4 is 20.7 Å². The standard InChI is InChI=1S/C31H32N2O7S/c1-38-22-13-9-20(10-14-22)31(19-7-5-4-6-8-19,21-11-15-23(39-2)16-12-21)28(36)27-25(35)26(40-3)29(41-27)33-18-17-24(34)32-30(33)37/h4-18,25-29,35-36H,1-3H3,(H,32,34,37)/t25-,26+,27-,28?,29+/m0/s1. The van der Waals surface area contributed by atoms with E-state index in [4.69, 9.17) is 14.2 Å². The molecule has 9 nitrogen and oxygen atoms in total. The molecular weight excluding hydrogens is 544 g/mol. The summed E-state index contributed by atoms with van der Waals surface area (Å²) in [6.45, 7) is 0. The van der Waals surface area contributed by atoms with Crippen LogP contribution in [0.5, 0.6) is 11.5 Å². The molecule has 0 amide bonds. The number of ether oxygens (including phenoxy) is 3. The van der Waals surface area contributed by atoms with E-state index in [1.165, 1.54) is 35.7 Å². The first-order valence-corrected chi connectivity index (χ1v) is 14.0. The van der Waals surface area contributed by atoms with Crippen LogP contribution in [0.4, 0.5) is 0 Å². The Balaban J connectivity index is 1.72. The predicted molar refractivity (Wildman–Crippen MR) is 157 cm³/mol. The van der Waals surface area contributed by atoms with Crippen molar-refractivity contribution in [1.29, 1.82) is 0 Å². The van der Waals surface area contributed by atoms with E-state index in [0.717, 1.165) is 16.7 Å². The molecule has 10 heteroatoms. The SMILES string of the molecule is COc1ccc(C(c2ccccc2)(c2ccc(OC)cc2)C(O)[C@H]2S[C@@H](n3ccc(=O)[nH]c3=O)[C@H](OC)[C@@H]2O)cc1. The minimum Gasteiger partial charge on any atom is -0.497 e. The normalized spacial score (nSPS) is 21.4. The van der Waals surface area contributed by atoms with Gasteiger partial charge in [0.25, 0.3) is 5.56 Å². The van der Waals surface area contributed by atoms with Crippen LogP contribution in [0.15, 0.2) is 101 Å². The summed E-state index contributed by atoms with van der Waals surface area (Å²) in [5, 5.41) is 22.7. The number of methoxy groups -OCH3 is 3. The Morgan fingerprint density at radius 1 is 0.829 bits per heavy atom. The number of hydrogen-bond acceptors (Lipinski definition) is 8. The van der Waals surface area contributed by atoms with Gasteiger partial charge in [0.05, 0.1) is 37.1 Å². The van der Waals surface area contributed by atoms with Gasteiger partial charge in [-0.2, -0.15) is 0 Å². The van der Waals surface area contributed by atoms with Crippen molar-refractivity contribution in [1.82, 2.24) is 9.55 Å². The van der Waals surface area contributed by atoms with Crippen molar-refractivity contribution in [3.05, 3.63) is 129 Å². The summed E-state index contributed by atoms with van der Waals surface area (Å²) in [5.41, 5.74) is 0.0274. The van der Waals surface area contributed by atoms with Gasteiger partial charge in [0.15, 0.2) is 0 Å². The first kappa shape index (κ1) is 28.7. The zero-order valence-corrected chi connectivity index (χ0v) is 23.7. The van der Waals surface area contributed by atoms with Gasteiger partial charge in [0.2, 0.25) is 0 Å². The molecule has 1 aliphatic rings. The van der Waals surface area contributed by atoms with Crippen molar-refractivity contribution in [2.24, 2.45) is 0 Å². The molecule has 0 bridgehead atoms. The highest BCUT2D eigenvalue weighted by molar-refractivity contribution is 8.00. The van der Waals surface area contributed by atoms with Crippen LogP contribution >= 0.6 is 11.8 Å². The molecule has 4 aromatic rings. The van der Waals surface area contributed by atoms with Gasteiger partial charge in [-0.25, -0.2) is 4.79 Å². The van der Waals surface area contributed by atoms with Crippen LogP contribution in [0.2, 0.25) is 0 Å². The van der Waals surface area contributed by atoms with Crippen molar-refractivity contribution in [3.8, 4) is 11.5 Å². The van der Waals surface area contributed by atoms with Crippen LogP contribution in [0.25, 0.3) is 0 Å². The van der Waals surface area contributed by atoms with E-state index in [9.17, 15) is 19.8 Å². The fraction of sp³-hybridized carbons (Fsp3) is 0.290. The summed E-state index contributed by atoms with van der Waals surface area (Å²) in [6, 6.07) is 25.8. The lowest BCUT2D eigenvalue weighted by Gasteiger charge is -2.43. The van der Waals surface area contributed by atoms with Gasteiger partial charge < -0.3 is 24.4 Å². The minimum atomic E-state index is -1.21. The van der Waals surface area contributed by atoms with Crippen LogP contribution in [0, 0.1) is 0 Å². The zero-order chi connectivity index (χ0) is 29.1. The van der Waals surface area contributed by atoms with Crippen molar-refractivity contribution in [2.75, 3.05) is 21.3 Å². The summed E-state index contributed by atoms with van der Waals surface area (Å²) in [4.78, 5) is 26.7. The average Bonchev–Trinajstić information content (AvgIpc) is 3.34. The predicted octanol–water partition coefficient (Wildman–Crippen LogP) is 2.94. The Labute approximate surface area is 241 Å². The molecular formula is C31H32N2O7S. The second-order valence-corrected chi connectivity index (χ2v) is 11.1. The molecule has 0 aliphatic carbocycles. The molecule has 1 unspecified atom stereocenters. The Morgan fingerprint density at radius 3 is 1.85 bits per heavy atom. The second-order valence-electron chi connectivity index (χ2n) is 9.78. The lowest BCUT2D eigenvalue weighted by molar-refractivity contribution is -0.0344. The lowest BCUT2D eigenvalue weighted by atomic mass is 9.64. The molecule has 0 radical (unpaired) electrons. The van der Waals surface area contributed by atoms with E-state index in [1.807, 2.05) is 78.9 Å². The number of hydrogen-bond donors (Lipinski definition) is 3. The highest BCUT2D eigenvalue weighted by atomic mass is 32.2. The summed E-state index contributed by atoms with van der Waals surface area (Å²) in [5.74, 6) is 1.32. The van der Waals surface area contributed by atoms with Crippen LogP contribution in [-0.2, 0) is 10.2 Å². The fourth-order valence-electron chi connectivity index (χ4n) is 5.71. The molecule has 5 atom stereocenters. The third-order valence-electron chi connectivity index (χ3n) is 7.72. The maximum Gasteiger partial charge on any atom is 0.329 e. The Bertz CT molecular complexity index is 1520. The van der Waals surface area contributed by atoms with E-state index in [0.29, 0.717) is 11.5 Å². The van der Waals surface area contributed by atoms with E-state index >= 15 is 0 Å². The number of aliphatic hydroxyl groups excluding tert-OH is 2. The fourth-order valence-corrected chi connectivity index (χ4v) is 7.43. The molecule has 1 fully saturated rings. The highest BCUT2D eigenvalue weighted by Gasteiger charge is 2.55. The lowest BCUT2D eigenvalue weighted by Crippen LogP contribution is -2.51. The van der Waals surface area contributed by atoms with Gasteiger partial charge in [-0.05, 0) is 41.0 Å². The van der Waals surface area contributed by atoms with Gasteiger partial charge in [-0.15, -0.1) is 11.8 Å². The number of nitrogens with one attached hydrogen (secondary N) is 1. The molecule has 41 heavy (non-hydrogen) atoms. The molecule has 0 saturated carbocycles. The summed E-state index contributed by atoms with van der Waals surface area (Å²) in [6.07, 6.45) is -1.84. The van der Waals surface area contributed by atoms with Gasteiger partial charge in [-0.3, -0.25) is 14.3 Å². The molecule has 5 rings (SSSR count). The third-order valence-corrected chi connectivity index (χ3v) is 9.35. The van der Waals surface area contributed by atoms with Crippen LogP contribution in [-0.4, -0.2) is 64.7 Å². The number of rotatable bonds is 9. The quantitative estimate of drug-likeness (QED) is 0.260. The zero-order valence-electron chi connectivity index (χ0n) is 22.8. The average molecular weight is 577 g/mol. The first-order valence-electron chi connectivity index (χ1n) is 13.1. The first-order chi connectivity index (χ1) is 19.8. The maximum absolute atomic E-state index is 12.7. The largest absolute Gasteiger partial charge is 0.497 e. The number of nitrogens with zero attached hydrogens (tertiary/aromatic N) is 1.